The van der Waals surface area contributed by atoms with Gasteiger partial charge in [0.25, 0.3) is 0 Å². The number of amides is 1. The maximum Gasteiger partial charge on any atom is 0.412 e. The molecule has 1 aromatic carbocycles. The number of thiophene rings is 1. The Labute approximate surface area is 114 Å². The van der Waals surface area contributed by atoms with Crippen molar-refractivity contribution in [1.82, 2.24) is 0 Å². The molecule has 19 heavy (non-hydrogen) atoms. The summed E-state index contributed by atoms with van der Waals surface area (Å²) in [6, 6.07) is 9.76. The van der Waals surface area contributed by atoms with Gasteiger partial charge in [-0.3, -0.25) is 4.90 Å². The van der Waals surface area contributed by atoms with Gasteiger partial charge in [-0.2, -0.15) is 0 Å². The summed E-state index contributed by atoms with van der Waals surface area (Å²) >= 11 is 1.55. The number of rotatable bonds is 4. The van der Waals surface area contributed by atoms with E-state index in [1.807, 2.05) is 19.1 Å². The molecule has 1 amide bonds. The van der Waals surface area contributed by atoms with Crippen LogP contribution in [-0.2, 0) is 13.0 Å². The molecule has 0 saturated heterocycles. The second kappa shape index (κ2) is 5.84. The number of carboxylic acid groups (broad SMARTS) is 1. The molecular formula is C14H14FNO2S. The van der Waals surface area contributed by atoms with Gasteiger partial charge in [-0.25, -0.2) is 9.18 Å². The summed E-state index contributed by atoms with van der Waals surface area (Å²) in [6.45, 7) is 2.21. The SMILES string of the molecule is CCc1ccc(CN(C(=O)O)c2ccccc2F)s1. The Morgan fingerprint density at radius 2 is 1.95 bits per heavy atom. The fraction of sp³-hybridized carbons (Fsp3) is 0.214. The van der Waals surface area contributed by atoms with Gasteiger partial charge in [-0.1, -0.05) is 19.1 Å². The van der Waals surface area contributed by atoms with Crippen molar-refractivity contribution in [1.29, 1.82) is 0 Å². The molecule has 0 fully saturated rings. The molecule has 100 valence electrons. The van der Waals surface area contributed by atoms with E-state index in [1.165, 1.54) is 17.0 Å². The second-order valence-electron chi connectivity index (χ2n) is 4.04. The normalized spacial score (nSPS) is 10.4. The zero-order valence-electron chi connectivity index (χ0n) is 10.5. The molecule has 1 N–H and O–H groups in total. The first-order valence-electron chi connectivity index (χ1n) is 5.94. The number of anilines is 1. The summed E-state index contributed by atoms with van der Waals surface area (Å²) in [5.74, 6) is -0.530. The average molecular weight is 279 g/mol. The smallest absolute Gasteiger partial charge is 0.412 e. The molecule has 3 nitrogen and oxygen atoms in total. The van der Waals surface area contributed by atoms with E-state index in [-0.39, 0.29) is 12.2 Å². The van der Waals surface area contributed by atoms with Crippen LogP contribution < -0.4 is 4.90 Å². The fourth-order valence-electron chi connectivity index (χ4n) is 1.78. The van der Waals surface area contributed by atoms with Gasteiger partial charge in [0, 0.05) is 9.75 Å². The van der Waals surface area contributed by atoms with Crippen LogP contribution in [0.3, 0.4) is 0 Å². The number of hydrogen-bond acceptors (Lipinski definition) is 2. The van der Waals surface area contributed by atoms with Crippen LogP contribution in [0.4, 0.5) is 14.9 Å². The molecule has 1 heterocycles. The molecule has 0 aliphatic heterocycles. The molecule has 0 bridgehead atoms. The van der Waals surface area contributed by atoms with Crippen molar-refractivity contribution in [3.8, 4) is 0 Å². The average Bonchev–Trinajstić information content (AvgIpc) is 2.84. The number of aryl methyl sites for hydroxylation is 1. The summed E-state index contributed by atoms with van der Waals surface area (Å²) in [7, 11) is 0. The zero-order valence-corrected chi connectivity index (χ0v) is 11.3. The summed E-state index contributed by atoms with van der Waals surface area (Å²) in [5, 5.41) is 9.24. The van der Waals surface area contributed by atoms with Crippen LogP contribution in [0.2, 0.25) is 0 Å². The Hall–Kier alpha value is -1.88. The Morgan fingerprint density at radius 1 is 1.26 bits per heavy atom. The van der Waals surface area contributed by atoms with Gasteiger partial charge in [0.15, 0.2) is 0 Å². The molecule has 0 aliphatic carbocycles. The molecule has 0 unspecified atom stereocenters. The molecule has 0 saturated carbocycles. The molecule has 5 heteroatoms. The molecule has 0 spiro atoms. The van der Waals surface area contributed by atoms with Crippen LogP contribution in [-0.4, -0.2) is 11.2 Å². The van der Waals surface area contributed by atoms with E-state index in [4.69, 9.17) is 0 Å². The first-order valence-corrected chi connectivity index (χ1v) is 6.76. The van der Waals surface area contributed by atoms with Crippen LogP contribution in [0.15, 0.2) is 36.4 Å². The summed E-state index contributed by atoms with van der Waals surface area (Å²) < 4.78 is 13.7. The predicted molar refractivity (Wildman–Crippen MR) is 74.3 cm³/mol. The highest BCUT2D eigenvalue weighted by Crippen LogP contribution is 2.24. The highest BCUT2D eigenvalue weighted by molar-refractivity contribution is 7.12. The molecule has 0 atom stereocenters. The monoisotopic (exact) mass is 279 g/mol. The van der Waals surface area contributed by atoms with Crippen LogP contribution in [0.25, 0.3) is 0 Å². The lowest BCUT2D eigenvalue weighted by atomic mass is 10.2. The van der Waals surface area contributed by atoms with Gasteiger partial charge in [0.1, 0.15) is 5.82 Å². The Kier molecular flexibility index (Phi) is 4.16. The number of nitrogens with zero attached hydrogens (tertiary/aromatic N) is 1. The quantitative estimate of drug-likeness (QED) is 0.914. The Balaban J connectivity index is 2.26. The lowest BCUT2D eigenvalue weighted by molar-refractivity contribution is 0.201. The van der Waals surface area contributed by atoms with E-state index >= 15 is 0 Å². The third-order valence-electron chi connectivity index (χ3n) is 2.75. The molecule has 1 aromatic heterocycles. The standard InChI is InChI=1S/C14H14FNO2S/c1-2-10-7-8-11(19-10)9-16(14(17)18)13-6-4-3-5-12(13)15/h3-8H,2,9H2,1H3,(H,17,18). The molecule has 2 rings (SSSR count). The topological polar surface area (TPSA) is 40.5 Å². The van der Waals surface area contributed by atoms with Crippen molar-refractivity contribution >= 4 is 23.1 Å². The second-order valence-corrected chi connectivity index (χ2v) is 5.29. The minimum absolute atomic E-state index is 0.0847. The molecule has 2 aromatic rings. The van der Waals surface area contributed by atoms with Crippen LogP contribution in [0.5, 0.6) is 0 Å². The lowest BCUT2D eigenvalue weighted by Crippen LogP contribution is -2.29. The Bertz CT molecular complexity index is 582. The summed E-state index contributed by atoms with van der Waals surface area (Å²) in [6.07, 6.45) is -0.242. The first-order chi connectivity index (χ1) is 9.11. The highest BCUT2D eigenvalue weighted by atomic mass is 32.1. The van der Waals surface area contributed by atoms with Gasteiger partial charge in [0.05, 0.1) is 12.2 Å². The number of carbonyl (C=O) groups is 1. The number of halogens is 1. The largest absolute Gasteiger partial charge is 0.465 e. The molecule has 0 aliphatic rings. The number of hydrogen-bond donors (Lipinski definition) is 1. The van der Waals surface area contributed by atoms with Gasteiger partial charge in [-0.05, 0) is 30.7 Å². The van der Waals surface area contributed by atoms with E-state index < -0.39 is 11.9 Å². The summed E-state index contributed by atoms with van der Waals surface area (Å²) in [5.41, 5.74) is 0.0847. The zero-order chi connectivity index (χ0) is 13.8. The van der Waals surface area contributed by atoms with Crippen molar-refractivity contribution in [2.75, 3.05) is 4.90 Å². The maximum absolute atomic E-state index is 13.7. The molecular weight excluding hydrogens is 265 g/mol. The van der Waals surface area contributed by atoms with E-state index in [0.717, 1.165) is 16.2 Å². The van der Waals surface area contributed by atoms with Crippen molar-refractivity contribution < 1.29 is 14.3 Å². The predicted octanol–water partition coefficient (Wildman–Crippen LogP) is 4.13. The Morgan fingerprint density at radius 3 is 2.53 bits per heavy atom. The molecule has 0 radical (unpaired) electrons. The minimum atomic E-state index is -1.16. The van der Waals surface area contributed by atoms with Crippen molar-refractivity contribution in [3.63, 3.8) is 0 Å². The van der Waals surface area contributed by atoms with E-state index in [1.54, 1.807) is 23.5 Å². The number of para-hydroxylation sites is 1. The van der Waals surface area contributed by atoms with Gasteiger partial charge in [0.2, 0.25) is 0 Å². The van der Waals surface area contributed by atoms with Crippen molar-refractivity contribution in [3.05, 3.63) is 52.0 Å². The van der Waals surface area contributed by atoms with Crippen LogP contribution in [0, 0.1) is 5.82 Å². The fourth-order valence-corrected chi connectivity index (χ4v) is 2.73. The van der Waals surface area contributed by atoms with E-state index in [9.17, 15) is 14.3 Å². The van der Waals surface area contributed by atoms with E-state index in [2.05, 4.69) is 0 Å². The lowest BCUT2D eigenvalue weighted by Gasteiger charge is -2.18. The van der Waals surface area contributed by atoms with Crippen LogP contribution >= 0.6 is 11.3 Å². The van der Waals surface area contributed by atoms with E-state index in [0.29, 0.717) is 0 Å². The van der Waals surface area contributed by atoms with Gasteiger partial charge < -0.3 is 5.11 Å². The minimum Gasteiger partial charge on any atom is -0.465 e. The highest BCUT2D eigenvalue weighted by Gasteiger charge is 2.18. The van der Waals surface area contributed by atoms with Crippen LogP contribution in [0.1, 0.15) is 16.7 Å². The number of benzene rings is 1. The third kappa shape index (κ3) is 3.12. The maximum atomic E-state index is 13.7. The van der Waals surface area contributed by atoms with Crippen molar-refractivity contribution in [2.24, 2.45) is 0 Å². The van der Waals surface area contributed by atoms with Crippen molar-refractivity contribution in [2.45, 2.75) is 19.9 Å². The third-order valence-corrected chi connectivity index (χ3v) is 3.97. The van der Waals surface area contributed by atoms with Gasteiger partial charge >= 0.3 is 6.09 Å². The first kappa shape index (κ1) is 13.5. The summed E-state index contributed by atoms with van der Waals surface area (Å²) in [4.78, 5) is 14.4. The van der Waals surface area contributed by atoms with Gasteiger partial charge in [-0.15, -0.1) is 11.3 Å².